The molecule has 0 aliphatic carbocycles. The third kappa shape index (κ3) is 25.6. The number of rotatable bonds is 47. The van der Waals surface area contributed by atoms with E-state index in [0.717, 1.165) is 17.7 Å². The predicted octanol–water partition coefficient (Wildman–Crippen LogP) is 8.18. The standard InChI is InChI=1S/C71H95N3O27S6/c1-50(2)69(76)72-26-30-96-32-34-98-36-38-100-40-42-101-41-39-99-37-35-97-33-31-95-29-10-17-54(75)16-8-7-13-51-14-9-15-53(45-51)52(18-24-65-70(3,4)67-59-46-55(104(83,84)85)48-63(106(89,90)91)57(59)20-22-61(67)73(65)27-11-43-102(77,78)79)19-25-66-71(5,6)68-60-47-56(105(86,87)88)49-64(107(92,93)94)58(60)21-23-62(68)74(66)28-12-44-103(80,81)82/h9,14-15,18-25,45-50H,7-8,10-13,16-17,26-44H2,1-6H3,(H6-,72,76,77,78,79,80,81,82,83,84,85,86,87,88,89,90,91,92,93,94)/p+1. The molecule has 0 saturated carbocycles. The Bertz CT molecular complexity index is 4860. The molecule has 36 heteroatoms. The van der Waals surface area contributed by atoms with Crippen molar-refractivity contribution in [2.45, 2.75) is 123 Å². The number of amides is 1. The van der Waals surface area contributed by atoms with Gasteiger partial charge in [-0.05, 0) is 128 Å². The van der Waals surface area contributed by atoms with E-state index in [2.05, 4.69) is 5.32 Å². The summed E-state index contributed by atoms with van der Waals surface area (Å²) >= 11 is 0. The van der Waals surface area contributed by atoms with Crippen LogP contribution in [0.3, 0.4) is 0 Å². The van der Waals surface area contributed by atoms with E-state index in [1.807, 2.05) is 26.0 Å². The lowest BCUT2D eigenvalue weighted by Crippen LogP contribution is -2.31. The highest BCUT2D eigenvalue weighted by Gasteiger charge is 2.47. The fourth-order valence-electron chi connectivity index (χ4n) is 12.8. The van der Waals surface area contributed by atoms with Crippen LogP contribution in [0, 0.1) is 5.92 Å². The topological polar surface area (TPSA) is 443 Å². The van der Waals surface area contributed by atoms with Gasteiger partial charge in [0.15, 0.2) is 5.71 Å². The third-order valence-corrected chi connectivity index (χ3v) is 22.9. The Morgan fingerprint density at radius 2 is 1.01 bits per heavy atom. The summed E-state index contributed by atoms with van der Waals surface area (Å²) in [5, 5.41) is 2.50. The van der Waals surface area contributed by atoms with Gasteiger partial charge in [-0.3, -0.25) is 36.9 Å². The molecule has 0 aromatic heterocycles. The first-order chi connectivity index (χ1) is 50.1. The van der Waals surface area contributed by atoms with Gasteiger partial charge in [-0.2, -0.15) is 55.1 Å². The predicted molar refractivity (Wildman–Crippen MR) is 399 cm³/mol. The van der Waals surface area contributed by atoms with E-state index < -0.39 is 103 Å². The van der Waals surface area contributed by atoms with Gasteiger partial charge in [0.2, 0.25) is 11.6 Å². The van der Waals surface area contributed by atoms with Crippen molar-refractivity contribution in [2.24, 2.45) is 5.92 Å². The minimum Gasteiger partial charge on any atom is -0.379 e. The van der Waals surface area contributed by atoms with Gasteiger partial charge in [-0.15, -0.1) is 0 Å². The summed E-state index contributed by atoms with van der Waals surface area (Å²) in [6.07, 6.45) is 9.23. The lowest BCUT2D eigenvalue weighted by molar-refractivity contribution is -0.437. The summed E-state index contributed by atoms with van der Waals surface area (Å²) in [5.74, 6) is -1.42. The molecule has 7 rings (SSSR count). The van der Waals surface area contributed by atoms with E-state index in [1.165, 1.54) is 24.3 Å². The van der Waals surface area contributed by atoms with Crippen molar-refractivity contribution in [3.8, 4) is 0 Å². The number of benzene rings is 5. The summed E-state index contributed by atoms with van der Waals surface area (Å²) in [7, 11) is -29.6. The third-order valence-electron chi connectivity index (χ3n) is 17.8. The first-order valence-electron chi connectivity index (χ1n) is 34.6. The Labute approximate surface area is 626 Å². The van der Waals surface area contributed by atoms with Crippen LogP contribution in [0.4, 0.5) is 11.4 Å². The zero-order valence-electron chi connectivity index (χ0n) is 60.5. The highest BCUT2D eigenvalue weighted by Crippen LogP contribution is 2.52. The largest absolute Gasteiger partial charge is 0.379 e. The smallest absolute Gasteiger partial charge is 0.295 e. The van der Waals surface area contributed by atoms with E-state index in [9.17, 15) is 87.4 Å². The first-order valence-corrected chi connectivity index (χ1v) is 43.6. The van der Waals surface area contributed by atoms with Crippen LogP contribution in [-0.2, 0) is 121 Å². The maximum atomic E-state index is 13.1. The second kappa shape index (κ2) is 38.5. The summed E-state index contributed by atoms with van der Waals surface area (Å²) in [6.45, 7) is 16.2. The SMILES string of the molecule is CC(C)C(=O)NCCOCCOCCOCCOCCOCCOCCOCCCC(=O)CCCCc1cccc(C(C=CC2=[N+](CCCS(=O)(=O)O)c3ccc4c(S(=O)(=O)O)cc(S(=O)(=O)O)cc4c3C2(C)C)=CC=C2N(CCCS(=O)(=O)O)c3ccc4c(S(=O)(=O)O)cc(S(=O)(=O)O)cc4c3C2(C)C)c1. The first kappa shape index (κ1) is 87.9. The zero-order chi connectivity index (χ0) is 78.8. The van der Waals surface area contributed by atoms with Gasteiger partial charge in [-0.25, -0.2) is 0 Å². The molecule has 0 fully saturated rings. The number of nitrogens with one attached hydrogen (secondary N) is 1. The van der Waals surface area contributed by atoms with Crippen LogP contribution in [0.15, 0.2) is 122 Å². The number of carbonyl (C=O) groups excluding carboxylic acids is 2. The molecule has 592 valence electrons. The highest BCUT2D eigenvalue weighted by atomic mass is 32.2. The molecule has 0 unspecified atom stereocenters. The summed E-state index contributed by atoms with van der Waals surface area (Å²) in [4.78, 5) is 22.9. The van der Waals surface area contributed by atoms with Crippen LogP contribution < -0.4 is 10.2 Å². The van der Waals surface area contributed by atoms with Crippen molar-refractivity contribution in [3.05, 3.63) is 125 Å². The van der Waals surface area contributed by atoms with Gasteiger partial charge in [0.05, 0.1) is 113 Å². The number of anilines is 1. The summed E-state index contributed by atoms with van der Waals surface area (Å²) < 4.78 is 253. The lowest BCUT2D eigenvalue weighted by atomic mass is 9.78. The molecule has 0 bridgehead atoms. The average molecular weight is 1620 g/mol. The monoisotopic (exact) mass is 1610 g/mol. The van der Waals surface area contributed by atoms with Gasteiger partial charge in [0, 0.05) is 90.2 Å². The van der Waals surface area contributed by atoms with Crippen molar-refractivity contribution < 1.29 is 125 Å². The number of Topliss-reactive ketones (excluding diaryl/α,β-unsaturated/α-hetero) is 1. The van der Waals surface area contributed by atoms with E-state index >= 15 is 0 Å². The number of ketones is 1. The van der Waals surface area contributed by atoms with Crippen LogP contribution in [0.5, 0.6) is 0 Å². The van der Waals surface area contributed by atoms with Crippen molar-refractivity contribution in [2.75, 3.05) is 129 Å². The lowest BCUT2D eigenvalue weighted by Gasteiger charge is -2.27. The zero-order valence-corrected chi connectivity index (χ0v) is 65.4. The molecule has 0 atom stereocenters. The fourth-order valence-corrected chi connectivity index (χ4v) is 16.5. The molecule has 0 saturated heterocycles. The van der Waals surface area contributed by atoms with E-state index in [0.29, 0.717) is 195 Å². The second-order valence-electron chi connectivity index (χ2n) is 26.9. The molecular formula is C71H96N3O27S6+. The van der Waals surface area contributed by atoms with Gasteiger partial charge in [0.1, 0.15) is 22.1 Å². The second-order valence-corrected chi connectivity index (χ2v) is 35.6. The Morgan fingerprint density at radius 3 is 1.51 bits per heavy atom. The van der Waals surface area contributed by atoms with Crippen LogP contribution in [-0.4, -0.2) is 223 Å². The van der Waals surface area contributed by atoms with E-state index in [-0.39, 0.29) is 65.1 Å². The quantitative estimate of drug-likeness (QED) is 0.00835. The van der Waals surface area contributed by atoms with Crippen molar-refractivity contribution >= 4 is 117 Å². The Kier molecular flexibility index (Phi) is 31.6. The maximum Gasteiger partial charge on any atom is 0.295 e. The maximum absolute atomic E-state index is 13.1. The molecule has 0 spiro atoms. The minimum atomic E-state index is -5.15. The Balaban J connectivity index is 1.05. The molecule has 2 aliphatic heterocycles. The Morgan fingerprint density at radius 1 is 0.523 bits per heavy atom. The van der Waals surface area contributed by atoms with Gasteiger partial charge < -0.3 is 43.4 Å². The summed E-state index contributed by atoms with van der Waals surface area (Å²) in [5.41, 5.74) is 1.42. The van der Waals surface area contributed by atoms with Crippen molar-refractivity contribution in [3.63, 3.8) is 0 Å². The average Bonchev–Trinajstić information content (AvgIpc) is 1.59. The molecule has 2 heterocycles. The molecule has 30 nitrogen and oxygen atoms in total. The van der Waals surface area contributed by atoms with Gasteiger partial charge in [-0.1, -0.05) is 64.1 Å². The Hall–Kier alpha value is -6.37. The van der Waals surface area contributed by atoms with Crippen molar-refractivity contribution in [1.29, 1.82) is 0 Å². The van der Waals surface area contributed by atoms with Crippen LogP contribution in [0.1, 0.15) is 109 Å². The van der Waals surface area contributed by atoms with E-state index in [4.69, 9.17) is 33.2 Å². The number of hydrogen-bond acceptors (Lipinski definition) is 22. The number of nitrogens with zero attached hydrogens (tertiary/aromatic N) is 2. The molecule has 1 amide bonds. The van der Waals surface area contributed by atoms with Gasteiger partial charge >= 0.3 is 0 Å². The normalized spacial score (nSPS) is 15.4. The van der Waals surface area contributed by atoms with Crippen LogP contribution in [0.25, 0.3) is 27.1 Å². The number of ether oxygens (including phenoxy) is 7. The number of carbonyl (C=O) groups is 2. The van der Waals surface area contributed by atoms with Crippen LogP contribution in [0.2, 0.25) is 0 Å². The van der Waals surface area contributed by atoms with Crippen LogP contribution >= 0.6 is 0 Å². The highest BCUT2D eigenvalue weighted by molar-refractivity contribution is 7.87. The summed E-state index contributed by atoms with van der Waals surface area (Å²) in [6, 6.07) is 16.4. The van der Waals surface area contributed by atoms with E-state index in [1.54, 1.807) is 73.6 Å². The molecule has 107 heavy (non-hydrogen) atoms. The fraction of sp³-hybridized carbons (Fsp3) is 0.507. The number of hydrogen-bond donors (Lipinski definition) is 7. The number of unbranched alkanes of at least 4 members (excludes halogenated alkanes) is 1. The number of aryl methyl sites for hydroxylation is 1. The molecule has 0 radical (unpaired) electrons. The minimum absolute atomic E-state index is 0.0125. The number of fused-ring (bicyclic) bond motifs is 6. The number of allylic oxidation sites excluding steroid dienone is 6. The molecule has 5 aromatic carbocycles. The van der Waals surface area contributed by atoms with Crippen molar-refractivity contribution in [1.82, 2.24) is 5.32 Å². The molecular weight excluding hydrogens is 1520 g/mol. The molecule has 7 N–H and O–H groups in total. The van der Waals surface area contributed by atoms with Gasteiger partial charge in [0.25, 0.3) is 60.7 Å². The molecule has 5 aromatic rings. The molecule has 2 aliphatic rings.